The van der Waals surface area contributed by atoms with E-state index in [1.165, 1.54) is 61.6 Å². The van der Waals surface area contributed by atoms with E-state index in [0.717, 1.165) is 30.5 Å². The molecule has 0 bridgehead atoms. The van der Waals surface area contributed by atoms with E-state index in [4.69, 9.17) is 37.9 Å². The maximum Gasteiger partial charge on any atom is 0.339 e. The van der Waals surface area contributed by atoms with E-state index < -0.39 is 11.9 Å². The van der Waals surface area contributed by atoms with Crippen LogP contribution in [-0.2, 0) is 9.53 Å². The molecule has 0 aliphatic heterocycles. The first-order valence-corrected chi connectivity index (χ1v) is 21.0. The monoisotopic (exact) mass is 825 g/mol. The summed E-state index contributed by atoms with van der Waals surface area (Å²) in [5.74, 6) is -1.37. The number of esters is 1. The molecule has 5 aromatic rings. The number of hydrogen-bond acceptors (Lipinski definition) is 8. The number of halogens is 2. The Kier molecular flexibility index (Phi) is 16.9. The molecule has 58 heavy (non-hydrogen) atoms. The highest BCUT2D eigenvalue weighted by molar-refractivity contribution is 6.49. The number of fused-ring (bicyclic) bond motifs is 1. The molecule has 0 aliphatic carbocycles. The maximum absolute atomic E-state index is 14.6. The predicted molar refractivity (Wildman–Crippen MR) is 237 cm³/mol. The van der Waals surface area contributed by atoms with Gasteiger partial charge in [-0.2, -0.15) is 0 Å². The Morgan fingerprint density at radius 2 is 1.52 bits per heavy atom. The lowest BCUT2D eigenvalue weighted by Gasteiger charge is -2.22. The number of nitrogens with one attached hydrogen (secondary N) is 1. The summed E-state index contributed by atoms with van der Waals surface area (Å²) in [6.07, 6.45) is 11.6. The molecule has 0 atom stereocenters. The van der Waals surface area contributed by atoms with Gasteiger partial charge in [0, 0.05) is 18.8 Å². The highest BCUT2D eigenvalue weighted by Gasteiger charge is 2.26. The third-order valence-electron chi connectivity index (χ3n) is 10.0. The number of unbranched alkanes of at least 4 members (excludes halogenated alkanes) is 9. The second-order valence-electron chi connectivity index (χ2n) is 14.2. The molecule has 5 rings (SSSR count). The SMILES string of the molecule is CCCCCCCCCCCCOC(=O)c1cc(NC(=O)C(=Nc2ccc(N(CC)CCO)cc2C)c2nc3ccccc3c(=O)n2-c2ccccc2)c(Cl)cc1Cl. The zero-order valence-electron chi connectivity index (χ0n) is 33.6. The number of aromatic nitrogens is 2. The summed E-state index contributed by atoms with van der Waals surface area (Å²) < 4.78 is 6.96. The fourth-order valence-electron chi connectivity index (χ4n) is 6.80. The lowest BCUT2D eigenvalue weighted by molar-refractivity contribution is -0.110. The number of benzene rings is 4. The van der Waals surface area contributed by atoms with Gasteiger partial charge < -0.3 is 20.1 Å². The Bertz CT molecular complexity index is 2260. The van der Waals surface area contributed by atoms with Crippen molar-refractivity contribution < 1.29 is 19.4 Å². The van der Waals surface area contributed by atoms with Crippen LogP contribution < -0.4 is 15.8 Å². The highest BCUT2D eigenvalue weighted by atomic mass is 35.5. The van der Waals surface area contributed by atoms with Crippen molar-refractivity contribution in [2.75, 3.05) is 36.5 Å². The van der Waals surface area contributed by atoms with Gasteiger partial charge >= 0.3 is 5.97 Å². The van der Waals surface area contributed by atoms with Crippen molar-refractivity contribution in [1.29, 1.82) is 0 Å². The van der Waals surface area contributed by atoms with Crippen LogP contribution in [0.15, 0.2) is 94.7 Å². The number of nitrogens with zero attached hydrogens (tertiary/aromatic N) is 4. The van der Waals surface area contributed by atoms with Crippen LogP contribution in [0.1, 0.15) is 99.8 Å². The topological polar surface area (TPSA) is 126 Å². The summed E-state index contributed by atoms with van der Waals surface area (Å²) >= 11 is 13.1. The van der Waals surface area contributed by atoms with Crippen LogP contribution in [0.25, 0.3) is 16.6 Å². The normalized spacial score (nSPS) is 11.5. The molecule has 0 spiro atoms. The van der Waals surface area contributed by atoms with Crippen LogP contribution in [0, 0.1) is 6.92 Å². The summed E-state index contributed by atoms with van der Waals surface area (Å²) in [6, 6.07) is 24.2. The number of para-hydroxylation sites is 2. The molecule has 10 nitrogen and oxygen atoms in total. The summed E-state index contributed by atoms with van der Waals surface area (Å²) in [5.41, 5.74) is 2.50. The minimum absolute atomic E-state index is 0.00614. The fourth-order valence-corrected chi connectivity index (χ4v) is 7.31. The Labute approximate surface area is 350 Å². The number of aliphatic hydroxyl groups excluding tert-OH is 1. The van der Waals surface area contributed by atoms with Gasteiger partial charge in [0.15, 0.2) is 11.5 Å². The minimum atomic E-state index is -0.736. The smallest absolute Gasteiger partial charge is 0.339 e. The van der Waals surface area contributed by atoms with E-state index in [2.05, 4.69) is 12.2 Å². The zero-order chi connectivity index (χ0) is 41.4. The van der Waals surface area contributed by atoms with Crippen molar-refractivity contribution in [2.24, 2.45) is 4.99 Å². The van der Waals surface area contributed by atoms with Gasteiger partial charge in [-0.1, -0.05) is 118 Å². The number of ether oxygens (including phenoxy) is 1. The number of hydrogen-bond donors (Lipinski definition) is 2. The van der Waals surface area contributed by atoms with E-state index in [9.17, 15) is 19.5 Å². The number of anilines is 2. The van der Waals surface area contributed by atoms with Crippen molar-refractivity contribution in [2.45, 2.75) is 85.0 Å². The van der Waals surface area contributed by atoms with Gasteiger partial charge in [-0.05, 0) is 80.4 Å². The second-order valence-corrected chi connectivity index (χ2v) is 15.1. The summed E-state index contributed by atoms with van der Waals surface area (Å²) in [6.45, 7) is 7.45. The van der Waals surface area contributed by atoms with Crippen LogP contribution in [0.4, 0.5) is 17.1 Å². The molecule has 0 fully saturated rings. The largest absolute Gasteiger partial charge is 0.462 e. The number of carbonyl (C=O) groups excluding carboxylic acids is 2. The lowest BCUT2D eigenvalue weighted by Crippen LogP contribution is -2.33. The van der Waals surface area contributed by atoms with Gasteiger partial charge in [-0.25, -0.2) is 14.8 Å². The molecular formula is C46H53Cl2N5O5. The average molecular weight is 827 g/mol. The number of carbonyl (C=O) groups is 2. The van der Waals surface area contributed by atoms with E-state index >= 15 is 0 Å². The van der Waals surface area contributed by atoms with E-state index in [1.54, 1.807) is 54.6 Å². The number of aliphatic imine (C=N–C) groups is 1. The third kappa shape index (κ3) is 11.6. The molecule has 0 saturated carbocycles. The van der Waals surface area contributed by atoms with Crippen LogP contribution in [0.5, 0.6) is 0 Å². The number of rotatable bonds is 21. The van der Waals surface area contributed by atoms with Gasteiger partial charge in [0.1, 0.15) is 0 Å². The molecule has 2 N–H and O–H groups in total. The number of amides is 1. The van der Waals surface area contributed by atoms with Crippen LogP contribution in [0.2, 0.25) is 10.0 Å². The lowest BCUT2D eigenvalue weighted by atomic mass is 10.1. The molecule has 0 radical (unpaired) electrons. The van der Waals surface area contributed by atoms with Gasteiger partial charge in [-0.15, -0.1) is 0 Å². The number of aryl methyl sites for hydroxylation is 1. The molecule has 1 amide bonds. The quantitative estimate of drug-likeness (QED) is 0.0428. The van der Waals surface area contributed by atoms with Gasteiger partial charge in [0.2, 0.25) is 0 Å². The van der Waals surface area contributed by atoms with Gasteiger partial charge in [0.05, 0.1) is 56.8 Å². The Morgan fingerprint density at radius 1 is 0.845 bits per heavy atom. The summed E-state index contributed by atoms with van der Waals surface area (Å²) in [4.78, 5) is 53.9. The first-order valence-electron chi connectivity index (χ1n) is 20.3. The van der Waals surface area contributed by atoms with Gasteiger partial charge in [-0.3, -0.25) is 14.2 Å². The van der Waals surface area contributed by atoms with Crippen LogP contribution in [-0.4, -0.2) is 58.5 Å². The van der Waals surface area contributed by atoms with E-state index in [-0.39, 0.29) is 51.6 Å². The Morgan fingerprint density at radius 3 is 2.19 bits per heavy atom. The molecule has 0 aliphatic rings. The Hall–Kier alpha value is -5.03. The molecule has 306 valence electrons. The molecule has 0 unspecified atom stereocenters. The molecule has 4 aromatic carbocycles. The first-order chi connectivity index (χ1) is 28.2. The second kappa shape index (κ2) is 22.2. The van der Waals surface area contributed by atoms with Crippen molar-refractivity contribution in [3.63, 3.8) is 0 Å². The molecular weight excluding hydrogens is 773 g/mol. The van der Waals surface area contributed by atoms with Crippen LogP contribution >= 0.6 is 23.2 Å². The van der Waals surface area contributed by atoms with E-state index in [0.29, 0.717) is 35.4 Å². The van der Waals surface area contributed by atoms with Crippen molar-refractivity contribution in [3.05, 3.63) is 122 Å². The van der Waals surface area contributed by atoms with Crippen LogP contribution in [0.3, 0.4) is 0 Å². The first kappa shape index (κ1) is 44.1. The fraction of sp³-hybridized carbons (Fsp3) is 0.370. The summed E-state index contributed by atoms with van der Waals surface area (Å²) in [7, 11) is 0. The third-order valence-corrected chi connectivity index (χ3v) is 10.6. The van der Waals surface area contributed by atoms with Crippen molar-refractivity contribution in [1.82, 2.24) is 9.55 Å². The van der Waals surface area contributed by atoms with E-state index in [1.807, 2.05) is 36.9 Å². The standard InChI is InChI=1S/C46H53Cl2N5O5/c1-4-6-7-8-9-10-11-12-13-19-28-58-46(57)36-30-41(38(48)31-37(36)47)51-44(55)42(49-39-25-24-34(29-32(39)3)52(5-2)26-27-54)43-50-40-23-18-17-22-35(40)45(56)53(43)33-20-15-14-16-21-33/h14-18,20-25,29-31,54H,4-13,19,26-28H2,1-3H3,(H,51,55). The maximum atomic E-state index is 14.6. The Balaban J connectivity index is 1.46. The van der Waals surface area contributed by atoms with Crippen molar-refractivity contribution >= 4 is 68.8 Å². The highest BCUT2D eigenvalue weighted by Crippen LogP contribution is 2.31. The molecule has 0 saturated heterocycles. The minimum Gasteiger partial charge on any atom is -0.462 e. The summed E-state index contributed by atoms with van der Waals surface area (Å²) in [5, 5.41) is 13.0. The average Bonchev–Trinajstić information content (AvgIpc) is 3.22. The van der Waals surface area contributed by atoms with Gasteiger partial charge in [0.25, 0.3) is 11.5 Å². The number of likely N-dealkylation sites (N-methyl/N-ethyl adjacent to an activating group) is 1. The zero-order valence-corrected chi connectivity index (χ0v) is 35.1. The molecule has 1 aromatic heterocycles. The number of aliphatic hydroxyl groups is 1. The predicted octanol–water partition coefficient (Wildman–Crippen LogP) is 10.7. The molecule has 1 heterocycles. The molecule has 12 heteroatoms. The van der Waals surface area contributed by atoms with Crippen molar-refractivity contribution in [3.8, 4) is 5.69 Å².